The maximum Gasteiger partial charge on any atom is 0.416 e. The van der Waals surface area contributed by atoms with Gasteiger partial charge in [0.05, 0.1) is 16.2 Å². The SMILES string of the molecule is CCCc1cc(=O)[nH]c(SCC(=O)NCCCNc2ccc(C(F)(F)F)cc2[N+](=O)[O-])n1. The summed E-state index contributed by atoms with van der Waals surface area (Å²) in [4.78, 5) is 40.6. The lowest BCUT2D eigenvalue weighted by Crippen LogP contribution is -2.27. The van der Waals surface area contributed by atoms with Gasteiger partial charge in [0.15, 0.2) is 5.16 Å². The van der Waals surface area contributed by atoms with E-state index >= 15 is 0 Å². The van der Waals surface area contributed by atoms with Gasteiger partial charge < -0.3 is 15.6 Å². The van der Waals surface area contributed by atoms with Crippen LogP contribution in [-0.4, -0.2) is 39.6 Å². The van der Waals surface area contributed by atoms with Crippen molar-refractivity contribution < 1.29 is 22.9 Å². The Balaban J connectivity index is 1.78. The van der Waals surface area contributed by atoms with Gasteiger partial charge in [0.25, 0.3) is 11.2 Å². The molecular weight excluding hydrogens is 451 g/mol. The molecule has 13 heteroatoms. The summed E-state index contributed by atoms with van der Waals surface area (Å²) in [5.41, 5.74) is -1.44. The lowest BCUT2D eigenvalue weighted by atomic mass is 10.1. The second kappa shape index (κ2) is 11.5. The molecule has 0 bridgehead atoms. The minimum Gasteiger partial charge on any atom is -0.379 e. The van der Waals surface area contributed by atoms with E-state index in [0.29, 0.717) is 29.8 Å². The van der Waals surface area contributed by atoms with Crippen LogP contribution in [0.5, 0.6) is 0 Å². The van der Waals surface area contributed by atoms with Crippen LogP contribution in [-0.2, 0) is 17.4 Å². The molecule has 1 heterocycles. The first-order chi connectivity index (χ1) is 15.1. The zero-order chi connectivity index (χ0) is 23.7. The highest BCUT2D eigenvalue weighted by atomic mass is 32.2. The van der Waals surface area contributed by atoms with E-state index in [1.165, 1.54) is 6.07 Å². The van der Waals surface area contributed by atoms with Crippen molar-refractivity contribution in [1.82, 2.24) is 15.3 Å². The number of hydrogen-bond acceptors (Lipinski definition) is 7. The molecule has 0 saturated heterocycles. The number of H-pyrrole nitrogens is 1. The molecule has 174 valence electrons. The maximum atomic E-state index is 12.7. The largest absolute Gasteiger partial charge is 0.416 e. The number of benzene rings is 1. The van der Waals surface area contributed by atoms with Crippen LogP contribution in [0.2, 0.25) is 0 Å². The quantitative estimate of drug-likeness (QED) is 0.150. The van der Waals surface area contributed by atoms with Crippen LogP contribution >= 0.6 is 11.8 Å². The normalized spacial score (nSPS) is 11.2. The van der Waals surface area contributed by atoms with Gasteiger partial charge in [-0.3, -0.25) is 19.7 Å². The van der Waals surface area contributed by atoms with E-state index in [1.807, 2.05) is 6.92 Å². The highest BCUT2D eigenvalue weighted by molar-refractivity contribution is 7.99. The number of thioether (sulfide) groups is 1. The molecule has 0 aliphatic heterocycles. The third-order valence-corrected chi connectivity index (χ3v) is 5.01. The van der Waals surface area contributed by atoms with Crippen LogP contribution in [0, 0.1) is 10.1 Å². The Hall–Kier alpha value is -3.09. The first kappa shape index (κ1) is 25.2. The Morgan fingerprint density at radius 3 is 2.69 bits per heavy atom. The van der Waals surface area contributed by atoms with Gasteiger partial charge >= 0.3 is 6.18 Å². The van der Waals surface area contributed by atoms with E-state index in [2.05, 4.69) is 20.6 Å². The number of alkyl halides is 3. The molecule has 1 aromatic carbocycles. The van der Waals surface area contributed by atoms with Crippen LogP contribution in [0.4, 0.5) is 24.5 Å². The molecule has 1 amide bonds. The van der Waals surface area contributed by atoms with Gasteiger partial charge in [-0.15, -0.1) is 0 Å². The fraction of sp³-hybridized carbons (Fsp3) is 0.421. The number of aryl methyl sites for hydroxylation is 1. The molecule has 0 atom stereocenters. The smallest absolute Gasteiger partial charge is 0.379 e. The number of nitro groups is 1. The molecule has 1 aromatic heterocycles. The van der Waals surface area contributed by atoms with Gasteiger partial charge in [-0.05, 0) is 25.0 Å². The zero-order valence-corrected chi connectivity index (χ0v) is 17.9. The Morgan fingerprint density at radius 1 is 1.28 bits per heavy atom. The van der Waals surface area contributed by atoms with Crippen molar-refractivity contribution in [2.75, 3.05) is 24.2 Å². The number of anilines is 1. The first-order valence-electron chi connectivity index (χ1n) is 9.69. The summed E-state index contributed by atoms with van der Waals surface area (Å²) in [5.74, 6) is -0.255. The van der Waals surface area contributed by atoms with Crippen molar-refractivity contribution in [3.8, 4) is 0 Å². The molecule has 2 aromatic rings. The second-order valence-corrected chi connectivity index (χ2v) is 7.66. The standard InChI is InChI=1S/C19H22F3N5O4S/c1-2-4-13-10-16(28)26-18(25-13)32-11-17(29)24-8-3-7-23-14-6-5-12(19(20,21)22)9-15(14)27(30)31/h5-6,9-10,23H,2-4,7-8,11H2,1H3,(H,24,29)(H,25,26,28). The monoisotopic (exact) mass is 473 g/mol. The predicted octanol–water partition coefficient (Wildman–Crippen LogP) is 3.36. The van der Waals surface area contributed by atoms with Crippen LogP contribution in [0.3, 0.4) is 0 Å². The topological polar surface area (TPSA) is 130 Å². The van der Waals surface area contributed by atoms with Crippen molar-refractivity contribution in [1.29, 1.82) is 0 Å². The molecule has 0 radical (unpaired) electrons. The average Bonchev–Trinajstić information content (AvgIpc) is 2.71. The summed E-state index contributed by atoms with van der Waals surface area (Å²) in [7, 11) is 0. The fourth-order valence-electron chi connectivity index (χ4n) is 2.67. The van der Waals surface area contributed by atoms with Gasteiger partial charge in [0.2, 0.25) is 5.91 Å². The number of nitro benzene ring substituents is 1. The summed E-state index contributed by atoms with van der Waals surface area (Å²) in [6.45, 7) is 2.42. The van der Waals surface area contributed by atoms with Crippen LogP contribution in [0.25, 0.3) is 0 Å². The highest BCUT2D eigenvalue weighted by Crippen LogP contribution is 2.34. The highest BCUT2D eigenvalue weighted by Gasteiger charge is 2.32. The van der Waals surface area contributed by atoms with E-state index in [1.54, 1.807) is 0 Å². The molecule has 0 saturated carbocycles. The number of carbonyl (C=O) groups excluding carboxylic acids is 1. The molecule has 2 rings (SSSR count). The minimum absolute atomic E-state index is 0.0353. The summed E-state index contributed by atoms with van der Waals surface area (Å²) in [6, 6.07) is 3.68. The summed E-state index contributed by atoms with van der Waals surface area (Å²) >= 11 is 1.09. The molecule has 0 fully saturated rings. The number of hydrogen-bond donors (Lipinski definition) is 3. The molecule has 9 nitrogen and oxygen atoms in total. The second-order valence-electron chi connectivity index (χ2n) is 6.70. The number of amides is 1. The van der Waals surface area contributed by atoms with E-state index in [-0.39, 0.29) is 36.0 Å². The third-order valence-electron chi connectivity index (χ3n) is 4.13. The molecule has 0 spiro atoms. The zero-order valence-electron chi connectivity index (χ0n) is 17.1. The molecule has 0 unspecified atom stereocenters. The Kier molecular flexibility index (Phi) is 9.05. The van der Waals surface area contributed by atoms with Crippen LogP contribution in [0.15, 0.2) is 34.2 Å². The number of halogens is 3. The predicted molar refractivity (Wildman–Crippen MR) is 114 cm³/mol. The average molecular weight is 473 g/mol. The summed E-state index contributed by atoms with van der Waals surface area (Å²) < 4.78 is 38.2. The number of aromatic amines is 1. The molecule has 0 aliphatic carbocycles. The minimum atomic E-state index is -4.68. The Morgan fingerprint density at radius 2 is 2.03 bits per heavy atom. The van der Waals surface area contributed by atoms with E-state index in [4.69, 9.17) is 0 Å². The van der Waals surface area contributed by atoms with Crippen molar-refractivity contribution in [3.05, 3.63) is 56.0 Å². The summed E-state index contributed by atoms with van der Waals surface area (Å²) in [6.07, 6.45) is -2.79. The molecule has 3 N–H and O–H groups in total. The van der Waals surface area contributed by atoms with E-state index < -0.39 is 22.4 Å². The number of rotatable bonds is 11. The molecular formula is C19H22F3N5O4S. The lowest BCUT2D eigenvalue weighted by Gasteiger charge is -2.11. The van der Waals surface area contributed by atoms with Crippen LogP contribution < -0.4 is 16.2 Å². The molecule has 0 aliphatic rings. The fourth-order valence-corrected chi connectivity index (χ4v) is 3.39. The van der Waals surface area contributed by atoms with E-state index in [9.17, 15) is 32.9 Å². The van der Waals surface area contributed by atoms with Gasteiger partial charge in [0.1, 0.15) is 5.69 Å². The number of aromatic nitrogens is 2. The van der Waals surface area contributed by atoms with Gasteiger partial charge in [-0.25, -0.2) is 4.98 Å². The molecule has 32 heavy (non-hydrogen) atoms. The number of carbonyl (C=O) groups is 1. The van der Waals surface area contributed by atoms with Crippen molar-refractivity contribution >= 4 is 29.0 Å². The van der Waals surface area contributed by atoms with Gasteiger partial charge in [0, 0.05) is 30.9 Å². The number of nitrogens with zero attached hydrogens (tertiary/aromatic N) is 2. The van der Waals surface area contributed by atoms with E-state index in [0.717, 1.165) is 30.3 Å². The lowest BCUT2D eigenvalue weighted by molar-refractivity contribution is -0.384. The summed E-state index contributed by atoms with van der Waals surface area (Å²) in [5, 5.41) is 16.8. The van der Waals surface area contributed by atoms with Gasteiger partial charge in [-0.2, -0.15) is 13.2 Å². The first-order valence-corrected chi connectivity index (χ1v) is 10.7. The van der Waals surface area contributed by atoms with Crippen LogP contribution in [0.1, 0.15) is 31.0 Å². The Labute approximate surface area is 185 Å². The third kappa shape index (κ3) is 7.87. The van der Waals surface area contributed by atoms with Crippen molar-refractivity contribution in [3.63, 3.8) is 0 Å². The maximum absolute atomic E-state index is 12.7. The number of nitrogens with one attached hydrogen (secondary N) is 3. The van der Waals surface area contributed by atoms with Crippen molar-refractivity contribution in [2.45, 2.75) is 37.5 Å². The van der Waals surface area contributed by atoms with Gasteiger partial charge in [-0.1, -0.05) is 25.1 Å². The Bertz CT molecular complexity index is 1010. The van der Waals surface area contributed by atoms with Crippen molar-refractivity contribution in [2.24, 2.45) is 0 Å².